The number of nitrogens with one attached hydrogen (secondary N) is 4. The molecule has 0 bridgehead atoms. The highest BCUT2D eigenvalue weighted by molar-refractivity contribution is 6.51. The van der Waals surface area contributed by atoms with E-state index in [-0.39, 0.29) is 26.1 Å². The minimum absolute atomic E-state index is 0.0300. The largest absolute Gasteiger partial charge is 0.346 e. The third kappa shape index (κ3) is 8.46. The Morgan fingerprint density at radius 3 is 2.08 bits per heavy atom. The first-order chi connectivity index (χ1) is 24.2. The summed E-state index contributed by atoms with van der Waals surface area (Å²) < 4.78 is -1.28. The van der Waals surface area contributed by atoms with E-state index in [1.807, 2.05) is 27.7 Å². The summed E-state index contributed by atoms with van der Waals surface area (Å²) in [4.78, 5) is 96.4. The van der Waals surface area contributed by atoms with Gasteiger partial charge in [0, 0.05) is 24.9 Å². The Kier molecular flexibility index (Phi) is 12.2. The maximum absolute atomic E-state index is 14.4. The van der Waals surface area contributed by atoms with Crippen LogP contribution in [0.4, 0.5) is 4.79 Å². The van der Waals surface area contributed by atoms with Crippen molar-refractivity contribution in [1.29, 1.82) is 0 Å². The van der Waals surface area contributed by atoms with Crippen LogP contribution in [-0.2, 0) is 19.2 Å². The van der Waals surface area contributed by atoms with E-state index in [2.05, 4.69) is 27.8 Å². The Hall–Kier alpha value is -3.97. The van der Waals surface area contributed by atoms with E-state index in [1.54, 1.807) is 45.0 Å². The first-order valence-electron chi connectivity index (χ1n) is 17.6. The summed E-state index contributed by atoms with van der Waals surface area (Å²) in [6, 6.07) is 1.63. The Morgan fingerprint density at radius 2 is 1.56 bits per heavy atom. The quantitative estimate of drug-likeness (QED) is 0.0971. The van der Waals surface area contributed by atoms with Crippen LogP contribution in [-0.4, -0.2) is 99.3 Å². The lowest BCUT2D eigenvalue weighted by Crippen LogP contribution is -2.63. The SMILES string of the molecule is C=CCNC(=O)C(=O)C(CCCC)NC(=O)[C@@H]1[C@@H]2[C@H](CN1C(=O)[C@@H](NC(=O)NC(CN1C(=O)c3ccccc3C1=O)C(C)(C)C)C(C)(C)C)C2(Cl)Cl. The minimum atomic E-state index is -1.28. The van der Waals surface area contributed by atoms with E-state index in [0.717, 1.165) is 4.90 Å². The number of carbonyl (C=O) groups is 7. The molecule has 13 nitrogen and oxygen atoms in total. The van der Waals surface area contributed by atoms with Crippen LogP contribution >= 0.6 is 23.2 Å². The van der Waals surface area contributed by atoms with Crippen LogP contribution in [0.25, 0.3) is 0 Å². The molecule has 1 aromatic carbocycles. The molecular formula is C37H50Cl2N6O7. The van der Waals surface area contributed by atoms with Gasteiger partial charge in [0.2, 0.25) is 17.6 Å². The van der Waals surface area contributed by atoms with Gasteiger partial charge in [0.05, 0.1) is 29.8 Å². The number of nitrogens with zero attached hydrogens (tertiary/aromatic N) is 2. The van der Waals surface area contributed by atoms with Crippen LogP contribution in [0, 0.1) is 22.7 Å². The van der Waals surface area contributed by atoms with Crippen molar-refractivity contribution in [3.8, 4) is 0 Å². The molecule has 52 heavy (non-hydrogen) atoms. The van der Waals surface area contributed by atoms with Gasteiger partial charge in [-0.05, 0) is 29.4 Å². The Balaban J connectivity index is 1.53. The molecule has 0 spiro atoms. The van der Waals surface area contributed by atoms with Gasteiger partial charge in [-0.15, -0.1) is 29.8 Å². The predicted molar refractivity (Wildman–Crippen MR) is 197 cm³/mol. The summed E-state index contributed by atoms with van der Waals surface area (Å²) in [7, 11) is 0. The zero-order valence-electron chi connectivity index (χ0n) is 30.8. The molecule has 15 heteroatoms. The number of ketones is 1. The number of unbranched alkanes of at least 4 members (excludes halogenated alkanes) is 1. The molecule has 1 aromatic rings. The molecule has 2 fully saturated rings. The number of rotatable bonds is 14. The summed E-state index contributed by atoms with van der Waals surface area (Å²) in [6.07, 6.45) is 2.88. The lowest BCUT2D eigenvalue weighted by Gasteiger charge is -2.38. The fourth-order valence-corrected chi connectivity index (χ4v) is 7.57. The van der Waals surface area contributed by atoms with E-state index < -0.39 is 92.5 Å². The molecule has 2 aliphatic heterocycles. The molecule has 2 unspecified atom stereocenters. The van der Waals surface area contributed by atoms with Gasteiger partial charge in [-0.25, -0.2) is 4.79 Å². The maximum Gasteiger partial charge on any atom is 0.315 e. The van der Waals surface area contributed by atoms with Crippen molar-refractivity contribution < 1.29 is 33.6 Å². The second kappa shape index (κ2) is 15.6. The molecule has 6 atom stereocenters. The van der Waals surface area contributed by atoms with Crippen molar-refractivity contribution in [1.82, 2.24) is 31.1 Å². The monoisotopic (exact) mass is 760 g/mol. The molecule has 7 amide bonds. The standard InChI is InChI=1S/C37H50Cl2N6O7/c1-9-11-16-23(27(46)30(48)40-17-10-2)41-29(47)26-25-22(37(25,38)39)18-44(26)33(51)28(36(6,7)8)43-34(52)42-24(35(3,4)5)19-45-31(49)20-14-12-13-15-21(20)32(45)50/h10,12-15,22-26,28H,2,9,11,16-19H2,1,3-8H3,(H,40,48)(H,41,47)(H2,42,43,52)/t22-,23?,24?,25-,26-,28+/m0/s1. The number of hydrogen-bond acceptors (Lipinski definition) is 7. The summed E-state index contributed by atoms with van der Waals surface area (Å²) in [5.74, 6) is -4.92. The zero-order valence-corrected chi connectivity index (χ0v) is 32.3. The number of Topliss-reactive ketones (excluding diaryl/α,β-unsaturated/α-hetero) is 1. The number of piperidine rings is 1. The van der Waals surface area contributed by atoms with Crippen LogP contribution in [0.3, 0.4) is 0 Å². The van der Waals surface area contributed by atoms with Crippen molar-refractivity contribution in [2.75, 3.05) is 19.6 Å². The first kappa shape index (κ1) is 40.8. The van der Waals surface area contributed by atoms with Crippen molar-refractivity contribution in [2.45, 2.75) is 96.2 Å². The van der Waals surface area contributed by atoms with Crippen LogP contribution in [0.5, 0.6) is 0 Å². The van der Waals surface area contributed by atoms with Crippen molar-refractivity contribution >= 4 is 64.6 Å². The summed E-state index contributed by atoms with van der Waals surface area (Å²) >= 11 is 13.1. The smallest absolute Gasteiger partial charge is 0.315 e. The van der Waals surface area contributed by atoms with Crippen LogP contribution in [0.15, 0.2) is 36.9 Å². The fourth-order valence-electron chi connectivity index (χ4n) is 6.75. The Morgan fingerprint density at radius 1 is 0.962 bits per heavy atom. The highest BCUT2D eigenvalue weighted by Crippen LogP contribution is 2.65. The lowest BCUT2D eigenvalue weighted by molar-refractivity contribution is -0.144. The maximum atomic E-state index is 14.4. The van der Waals surface area contributed by atoms with Gasteiger partial charge < -0.3 is 26.2 Å². The minimum Gasteiger partial charge on any atom is -0.346 e. The highest BCUT2D eigenvalue weighted by atomic mass is 35.5. The van der Waals surface area contributed by atoms with Crippen molar-refractivity contribution in [3.63, 3.8) is 0 Å². The van der Waals surface area contributed by atoms with E-state index in [1.165, 1.54) is 11.0 Å². The zero-order chi connectivity index (χ0) is 38.9. The van der Waals surface area contributed by atoms with Gasteiger partial charge in [-0.3, -0.25) is 33.7 Å². The summed E-state index contributed by atoms with van der Waals surface area (Å²) in [5.41, 5.74) is -0.893. The molecule has 0 aromatic heterocycles. The van der Waals surface area contributed by atoms with Gasteiger partial charge in [-0.1, -0.05) is 79.5 Å². The van der Waals surface area contributed by atoms with Gasteiger partial charge >= 0.3 is 6.03 Å². The molecule has 4 N–H and O–H groups in total. The number of fused-ring (bicyclic) bond motifs is 2. The fraction of sp³-hybridized carbons (Fsp3) is 0.595. The lowest BCUT2D eigenvalue weighted by atomic mass is 9.85. The van der Waals surface area contributed by atoms with Crippen molar-refractivity contribution in [2.24, 2.45) is 22.7 Å². The Bertz CT molecular complexity index is 1600. The number of carbonyl (C=O) groups excluding carboxylic acids is 7. The molecule has 284 valence electrons. The highest BCUT2D eigenvalue weighted by Gasteiger charge is 2.74. The average molecular weight is 762 g/mol. The number of urea groups is 1. The van der Waals surface area contributed by atoms with E-state index in [9.17, 15) is 33.6 Å². The predicted octanol–water partition coefficient (Wildman–Crippen LogP) is 3.59. The molecule has 1 saturated heterocycles. The normalized spacial score (nSPS) is 22.1. The summed E-state index contributed by atoms with van der Waals surface area (Å²) in [5, 5.41) is 10.8. The number of alkyl halides is 2. The molecule has 3 aliphatic rings. The second-order valence-corrected chi connectivity index (χ2v) is 17.4. The third-order valence-corrected chi connectivity index (χ3v) is 11.0. The van der Waals surface area contributed by atoms with Crippen molar-refractivity contribution in [3.05, 3.63) is 48.0 Å². The van der Waals surface area contributed by atoms with Gasteiger partial charge in [0.25, 0.3) is 17.7 Å². The van der Waals surface area contributed by atoms with E-state index >= 15 is 0 Å². The van der Waals surface area contributed by atoms with Crippen LogP contribution in [0.1, 0.15) is 88.4 Å². The summed E-state index contributed by atoms with van der Waals surface area (Å²) in [6.45, 7) is 16.3. The average Bonchev–Trinajstić information content (AvgIpc) is 3.32. The molecule has 1 saturated carbocycles. The molecule has 1 aliphatic carbocycles. The van der Waals surface area contributed by atoms with E-state index in [4.69, 9.17) is 23.2 Å². The third-order valence-electron chi connectivity index (χ3n) is 9.98. The number of amides is 7. The molecule has 0 radical (unpaired) electrons. The topological polar surface area (TPSA) is 174 Å². The van der Waals surface area contributed by atoms with Crippen LogP contribution in [0.2, 0.25) is 0 Å². The number of benzene rings is 1. The number of likely N-dealkylation sites (tertiary alicyclic amines) is 1. The first-order valence-corrected chi connectivity index (χ1v) is 18.4. The van der Waals surface area contributed by atoms with E-state index in [0.29, 0.717) is 24.0 Å². The molecule has 2 heterocycles. The van der Waals surface area contributed by atoms with Gasteiger partial charge in [-0.2, -0.15) is 0 Å². The molecule has 4 rings (SSSR count). The van der Waals surface area contributed by atoms with Gasteiger partial charge in [0.15, 0.2) is 0 Å². The Labute approximate surface area is 314 Å². The second-order valence-electron chi connectivity index (χ2n) is 15.9. The number of halogens is 2. The van der Waals surface area contributed by atoms with Crippen LogP contribution < -0.4 is 21.3 Å². The molecular weight excluding hydrogens is 711 g/mol. The number of hydrogen-bond donors (Lipinski definition) is 4. The van der Waals surface area contributed by atoms with Gasteiger partial charge in [0.1, 0.15) is 16.4 Å². The number of imide groups is 1.